The molecule has 1 aliphatic heterocycles. The molecule has 2 aromatic rings. The van der Waals surface area contributed by atoms with Crippen molar-refractivity contribution in [2.24, 2.45) is 4.99 Å². The maximum absolute atomic E-state index is 12.4. The molecule has 3 rings (SSSR count). The van der Waals surface area contributed by atoms with Gasteiger partial charge >= 0.3 is 5.97 Å². The maximum atomic E-state index is 12.4. The molecule has 1 aromatic heterocycles. The summed E-state index contributed by atoms with van der Waals surface area (Å²) in [5.74, 6) is -0.450. The number of methoxy groups -OCH3 is 1. The van der Waals surface area contributed by atoms with Crippen LogP contribution in [0.2, 0.25) is 0 Å². The van der Waals surface area contributed by atoms with E-state index < -0.39 is 12.0 Å². The van der Waals surface area contributed by atoms with Crippen LogP contribution in [0.15, 0.2) is 35.5 Å². The quantitative estimate of drug-likeness (QED) is 0.674. The topological polar surface area (TPSA) is 83.5 Å². The minimum atomic E-state index is -0.579. The summed E-state index contributed by atoms with van der Waals surface area (Å²) in [7, 11) is 1.31. The summed E-state index contributed by atoms with van der Waals surface area (Å²) in [5.41, 5.74) is 1.43. The van der Waals surface area contributed by atoms with Crippen molar-refractivity contribution in [3.8, 4) is 0 Å². The number of aliphatic imine (C=N–C) groups is 1. The smallest absolute Gasteiger partial charge is 0.330 e. The highest BCUT2D eigenvalue weighted by Gasteiger charge is 2.29. The average molecular weight is 305 g/mol. The molecule has 0 saturated carbocycles. The molecular formula is C16H23N3O3. The number of carbonyl (C=O) groups excluding carboxylic acids is 2. The van der Waals surface area contributed by atoms with Gasteiger partial charge in [-0.25, -0.2) is 4.79 Å². The lowest BCUT2D eigenvalue weighted by Gasteiger charge is -2.08. The molecule has 1 aromatic carbocycles. The lowest BCUT2D eigenvalue weighted by molar-refractivity contribution is -0.142. The van der Waals surface area contributed by atoms with Gasteiger partial charge in [0.25, 0.3) is 0 Å². The van der Waals surface area contributed by atoms with Crippen molar-refractivity contribution in [2.75, 3.05) is 13.7 Å². The van der Waals surface area contributed by atoms with E-state index in [9.17, 15) is 9.59 Å². The molecule has 2 heterocycles. The third-order valence-electron chi connectivity index (χ3n) is 3.28. The van der Waals surface area contributed by atoms with Crippen LogP contribution in [0.4, 0.5) is 0 Å². The van der Waals surface area contributed by atoms with Crippen LogP contribution in [0, 0.1) is 0 Å². The number of hydrogen-bond acceptors (Lipinski definition) is 5. The number of nitrogens with one attached hydrogen (secondary N) is 2. The molecule has 1 atom stereocenters. The number of carbonyl (C=O) groups is 2. The van der Waals surface area contributed by atoms with Crippen LogP contribution in [-0.4, -0.2) is 42.3 Å². The SMILES string of the molecule is CC.COC(=O)C1CN=C(C(=O)c2c[nH]c3ccccc23)N1.[HH].[HH]. The van der Waals surface area contributed by atoms with Crippen molar-refractivity contribution in [3.63, 3.8) is 0 Å². The molecular weight excluding hydrogens is 282 g/mol. The van der Waals surface area contributed by atoms with Gasteiger partial charge in [-0.3, -0.25) is 9.79 Å². The number of rotatable bonds is 3. The highest BCUT2D eigenvalue weighted by Crippen LogP contribution is 2.19. The number of Topliss-reactive ketones (excluding diaryl/α,β-unsaturated/α-hetero) is 1. The molecule has 22 heavy (non-hydrogen) atoms. The van der Waals surface area contributed by atoms with E-state index in [-0.39, 0.29) is 21.0 Å². The molecule has 2 N–H and O–H groups in total. The first-order chi connectivity index (χ1) is 10.7. The number of ether oxygens (including phenoxy) is 1. The van der Waals surface area contributed by atoms with E-state index in [4.69, 9.17) is 0 Å². The number of fused-ring (bicyclic) bond motifs is 1. The van der Waals surface area contributed by atoms with Crippen LogP contribution in [0.1, 0.15) is 27.1 Å². The van der Waals surface area contributed by atoms with Crippen molar-refractivity contribution in [1.29, 1.82) is 0 Å². The van der Waals surface area contributed by atoms with Crippen LogP contribution < -0.4 is 5.32 Å². The van der Waals surface area contributed by atoms with Crippen LogP contribution in [0.3, 0.4) is 0 Å². The lowest BCUT2D eigenvalue weighted by Crippen LogP contribution is -2.40. The first-order valence-electron chi connectivity index (χ1n) is 7.20. The number of H-pyrrole nitrogens is 1. The fourth-order valence-electron chi connectivity index (χ4n) is 2.24. The highest BCUT2D eigenvalue weighted by atomic mass is 16.5. The molecule has 1 unspecified atom stereocenters. The van der Waals surface area contributed by atoms with Gasteiger partial charge in [0, 0.05) is 20.0 Å². The van der Waals surface area contributed by atoms with Crippen LogP contribution in [0.25, 0.3) is 10.9 Å². The number of amidine groups is 1. The van der Waals surface area contributed by atoms with Crippen molar-refractivity contribution < 1.29 is 17.2 Å². The molecule has 6 nitrogen and oxygen atoms in total. The van der Waals surface area contributed by atoms with Gasteiger partial charge < -0.3 is 15.0 Å². The summed E-state index contributed by atoms with van der Waals surface area (Å²) in [6, 6.07) is 6.95. The second kappa shape index (κ2) is 6.89. The standard InChI is InChI=1S/C14H13N3O3.C2H6.2H2/c1-20-14(19)11-7-16-13(17-11)12(18)9-6-15-10-5-3-2-4-8(9)10;1-2;;/h2-6,11,15H,7H2,1H3,(H,16,17);1-2H3;2*1H. The first-order valence-corrected chi connectivity index (χ1v) is 7.20. The maximum Gasteiger partial charge on any atom is 0.330 e. The van der Waals surface area contributed by atoms with E-state index in [1.165, 1.54) is 7.11 Å². The molecule has 0 amide bonds. The molecule has 0 spiro atoms. The van der Waals surface area contributed by atoms with Gasteiger partial charge in [-0.05, 0) is 6.07 Å². The van der Waals surface area contributed by atoms with Crippen LogP contribution in [0.5, 0.6) is 0 Å². The zero-order valence-electron chi connectivity index (χ0n) is 12.8. The Kier molecular flexibility index (Phi) is 4.93. The average Bonchev–Trinajstić information content (AvgIpc) is 3.22. The van der Waals surface area contributed by atoms with E-state index in [2.05, 4.69) is 20.0 Å². The monoisotopic (exact) mass is 305 g/mol. The Labute approximate surface area is 131 Å². The van der Waals surface area contributed by atoms with E-state index in [1.807, 2.05) is 38.1 Å². The van der Waals surface area contributed by atoms with Crippen molar-refractivity contribution in [1.82, 2.24) is 10.3 Å². The first kappa shape index (κ1) is 15.8. The predicted octanol–water partition coefficient (Wildman–Crippen LogP) is 2.41. The number of aromatic amines is 1. The second-order valence-corrected chi connectivity index (χ2v) is 4.49. The van der Waals surface area contributed by atoms with Crippen molar-refractivity contribution in [3.05, 3.63) is 36.0 Å². The van der Waals surface area contributed by atoms with Crippen LogP contribution >= 0.6 is 0 Å². The van der Waals surface area contributed by atoms with Gasteiger partial charge in [0.15, 0.2) is 5.84 Å². The Morgan fingerprint density at radius 3 is 2.77 bits per heavy atom. The largest absolute Gasteiger partial charge is 0.467 e. The molecule has 0 radical (unpaired) electrons. The predicted molar refractivity (Wildman–Crippen MR) is 89.4 cm³/mol. The highest BCUT2D eigenvalue weighted by molar-refractivity contribution is 6.47. The number of nitrogens with zero attached hydrogens (tertiary/aromatic N) is 1. The molecule has 0 saturated heterocycles. The zero-order valence-corrected chi connectivity index (χ0v) is 12.8. The van der Waals surface area contributed by atoms with Gasteiger partial charge in [0.05, 0.1) is 19.2 Å². The van der Waals surface area contributed by atoms with Gasteiger partial charge in [-0.15, -0.1) is 0 Å². The molecule has 0 aliphatic carbocycles. The van der Waals surface area contributed by atoms with E-state index in [0.717, 1.165) is 10.9 Å². The van der Waals surface area contributed by atoms with E-state index >= 15 is 0 Å². The third-order valence-corrected chi connectivity index (χ3v) is 3.28. The fourth-order valence-corrected chi connectivity index (χ4v) is 2.24. The van der Waals surface area contributed by atoms with Gasteiger partial charge in [0.1, 0.15) is 6.04 Å². The summed E-state index contributed by atoms with van der Waals surface area (Å²) in [4.78, 5) is 31.0. The molecule has 120 valence electrons. The number of esters is 1. The Morgan fingerprint density at radius 1 is 1.32 bits per heavy atom. The number of benzene rings is 1. The van der Waals surface area contributed by atoms with Crippen LogP contribution in [-0.2, 0) is 9.53 Å². The van der Waals surface area contributed by atoms with Crippen molar-refractivity contribution in [2.45, 2.75) is 19.9 Å². The number of para-hydroxylation sites is 1. The Balaban J connectivity index is 0.00000128. The Morgan fingerprint density at radius 2 is 2.05 bits per heavy atom. The summed E-state index contributed by atoms with van der Waals surface area (Å²) < 4.78 is 4.63. The normalized spacial score (nSPS) is 16.3. The molecule has 0 fully saturated rings. The minimum Gasteiger partial charge on any atom is -0.467 e. The summed E-state index contributed by atoms with van der Waals surface area (Å²) in [5, 5.41) is 3.64. The zero-order chi connectivity index (χ0) is 16.1. The Hall–Kier alpha value is -2.63. The summed E-state index contributed by atoms with van der Waals surface area (Å²) >= 11 is 0. The molecule has 0 bridgehead atoms. The summed E-state index contributed by atoms with van der Waals surface area (Å²) in [6.07, 6.45) is 1.66. The Bertz CT molecular complexity index is 728. The van der Waals surface area contributed by atoms with Crippen molar-refractivity contribution >= 4 is 28.5 Å². The third kappa shape index (κ3) is 2.86. The van der Waals surface area contributed by atoms with E-state index in [1.54, 1.807) is 6.20 Å². The number of aromatic nitrogens is 1. The number of ketones is 1. The minimum absolute atomic E-state index is 0. The summed E-state index contributed by atoms with van der Waals surface area (Å²) in [6.45, 7) is 4.22. The van der Waals surface area contributed by atoms with Gasteiger partial charge in [-0.2, -0.15) is 0 Å². The lowest BCUT2D eigenvalue weighted by atomic mass is 10.1. The molecule has 1 aliphatic rings. The van der Waals surface area contributed by atoms with Gasteiger partial charge in [-0.1, -0.05) is 32.0 Å². The van der Waals surface area contributed by atoms with E-state index in [0.29, 0.717) is 5.56 Å². The second-order valence-electron chi connectivity index (χ2n) is 4.49. The number of hydrogen-bond donors (Lipinski definition) is 2. The fraction of sp³-hybridized carbons (Fsp3) is 0.312. The van der Waals surface area contributed by atoms with Gasteiger partial charge in [0.2, 0.25) is 5.78 Å². The molecule has 6 heteroatoms.